The van der Waals surface area contributed by atoms with E-state index in [9.17, 15) is 4.79 Å². The van der Waals surface area contributed by atoms with E-state index in [1.54, 1.807) is 11.3 Å². The molecule has 0 saturated carbocycles. The lowest BCUT2D eigenvalue weighted by atomic mass is 10.2. The van der Waals surface area contributed by atoms with Gasteiger partial charge in [-0.3, -0.25) is 0 Å². The van der Waals surface area contributed by atoms with Crippen molar-refractivity contribution in [2.45, 2.75) is 32.4 Å². The zero-order valence-electron chi connectivity index (χ0n) is 9.99. The van der Waals surface area contributed by atoms with Crippen LogP contribution >= 0.6 is 11.3 Å². The van der Waals surface area contributed by atoms with Gasteiger partial charge in [-0.2, -0.15) is 0 Å². The minimum atomic E-state index is -0.119. The molecule has 1 aromatic rings. The topological polar surface area (TPSA) is 50.4 Å². The first kappa shape index (κ1) is 12.4. The lowest BCUT2D eigenvalue weighted by Crippen LogP contribution is -2.39. The largest absolute Gasteiger partial charge is 0.376 e. The quantitative estimate of drug-likeness (QED) is 0.864. The summed E-state index contributed by atoms with van der Waals surface area (Å²) in [5.74, 6) is 0. The van der Waals surface area contributed by atoms with Crippen molar-refractivity contribution in [1.29, 1.82) is 0 Å². The number of carbonyl (C=O) groups is 1. The van der Waals surface area contributed by atoms with Crippen molar-refractivity contribution in [2.24, 2.45) is 0 Å². The Morgan fingerprint density at radius 2 is 2.41 bits per heavy atom. The molecule has 0 spiro atoms. The van der Waals surface area contributed by atoms with Gasteiger partial charge in [-0.05, 0) is 31.9 Å². The van der Waals surface area contributed by atoms with Gasteiger partial charge in [0.1, 0.15) is 0 Å². The molecule has 0 radical (unpaired) electrons. The number of hydrogen-bond donors (Lipinski definition) is 2. The van der Waals surface area contributed by atoms with Gasteiger partial charge in [0.25, 0.3) is 0 Å². The van der Waals surface area contributed by atoms with Gasteiger partial charge in [0, 0.05) is 22.9 Å². The van der Waals surface area contributed by atoms with Crippen LogP contribution in [0.1, 0.15) is 22.6 Å². The summed E-state index contributed by atoms with van der Waals surface area (Å²) < 4.78 is 5.43. The van der Waals surface area contributed by atoms with Gasteiger partial charge in [-0.25, -0.2) is 4.79 Å². The molecule has 0 bridgehead atoms. The molecule has 2 amide bonds. The molecule has 1 fully saturated rings. The molecule has 2 N–H and O–H groups in total. The van der Waals surface area contributed by atoms with E-state index in [4.69, 9.17) is 4.74 Å². The van der Waals surface area contributed by atoms with Crippen molar-refractivity contribution in [3.05, 3.63) is 21.9 Å². The maximum absolute atomic E-state index is 11.5. The van der Waals surface area contributed by atoms with Crippen LogP contribution < -0.4 is 10.6 Å². The summed E-state index contributed by atoms with van der Waals surface area (Å²) in [5.41, 5.74) is 0. The molecule has 1 aliphatic rings. The lowest BCUT2D eigenvalue weighted by Gasteiger charge is -2.11. The molecule has 2 heterocycles. The van der Waals surface area contributed by atoms with Crippen LogP contribution in [-0.2, 0) is 11.3 Å². The fraction of sp³-hybridized carbons (Fsp3) is 0.583. The van der Waals surface area contributed by atoms with E-state index in [1.807, 2.05) is 6.07 Å². The Bertz CT molecular complexity index is 372. The average molecular weight is 254 g/mol. The molecular formula is C12H18N2O2S. The van der Waals surface area contributed by atoms with Crippen molar-refractivity contribution in [3.8, 4) is 0 Å². The first-order chi connectivity index (χ1) is 8.24. The van der Waals surface area contributed by atoms with Gasteiger partial charge >= 0.3 is 6.03 Å². The van der Waals surface area contributed by atoms with E-state index in [0.29, 0.717) is 13.1 Å². The maximum atomic E-state index is 11.5. The van der Waals surface area contributed by atoms with E-state index < -0.39 is 0 Å². The average Bonchev–Trinajstić information content (AvgIpc) is 2.95. The van der Waals surface area contributed by atoms with Crippen molar-refractivity contribution >= 4 is 17.4 Å². The molecule has 5 heteroatoms. The summed E-state index contributed by atoms with van der Waals surface area (Å²) >= 11 is 1.71. The predicted octanol–water partition coefficient (Wildman–Crippen LogP) is 2.03. The highest BCUT2D eigenvalue weighted by Crippen LogP contribution is 2.14. The van der Waals surface area contributed by atoms with Crippen LogP contribution in [-0.4, -0.2) is 25.3 Å². The summed E-state index contributed by atoms with van der Waals surface area (Å²) in [6.45, 7) is 4.08. The summed E-state index contributed by atoms with van der Waals surface area (Å²) in [6, 6.07) is 3.98. The number of thiophene rings is 1. The van der Waals surface area contributed by atoms with E-state index in [0.717, 1.165) is 19.4 Å². The number of aryl methyl sites for hydroxylation is 1. The zero-order chi connectivity index (χ0) is 12.1. The van der Waals surface area contributed by atoms with Gasteiger partial charge in [0.05, 0.1) is 12.6 Å². The van der Waals surface area contributed by atoms with Crippen LogP contribution in [0, 0.1) is 6.92 Å². The molecule has 1 saturated heterocycles. The van der Waals surface area contributed by atoms with Crippen LogP contribution in [0.3, 0.4) is 0 Å². The third-order valence-electron chi connectivity index (χ3n) is 2.73. The summed E-state index contributed by atoms with van der Waals surface area (Å²) in [7, 11) is 0. The second kappa shape index (κ2) is 6.02. The Kier molecular flexibility index (Phi) is 4.39. The Balaban J connectivity index is 1.63. The Labute approximate surface area is 105 Å². The van der Waals surface area contributed by atoms with Crippen LogP contribution in [0.2, 0.25) is 0 Å². The fourth-order valence-corrected chi connectivity index (χ4v) is 2.65. The van der Waals surface area contributed by atoms with Crippen molar-refractivity contribution in [3.63, 3.8) is 0 Å². The number of rotatable bonds is 4. The van der Waals surface area contributed by atoms with Crippen molar-refractivity contribution in [2.75, 3.05) is 13.2 Å². The fourth-order valence-electron chi connectivity index (χ4n) is 1.82. The second-order valence-corrected chi connectivity index (χ2v) is 5.58. The van der Waals surface area contributed by atoms with Gasteiger partial charge in [0.15, 0.2) is 0 Å². The molecular weight excluding hydrogens is 236 g/mol. The van der Waals surface area contributed by atoms with Crippen LogP contribution in [0.4, 0.5) is 4.79 Å². The molecule has 1 atom stereocenters. The molecule has 1 aliphatic heterocycles. The standard InChI is InChI=1S/C12H18N2O2S/c1-9-4-5-11(17-9)8-14-12(15)13-7-10-3-2-6-16-10/h4-5,10H,2-3,6-8H2,1H3,(H2,13,14,15)/t10-/m0/s1. The Morgan fingerprint density at radius 3 is 3.06 bits per heavy atom. The number of amides is 2. The Morgan fingerprint density at radius 1 is 1.53 bits per heavy atom. The zero-order valence-corrected chi connectivity index (χ0v) is 10.8. The molecule has 17 heavy (non-hydrogen) atoms. The Hall–Kier alpha value is -1.07. The minimum Gasteiger partial charge on any atom is -0.376 e. The highest BCUT2D eigenvalue weighted by atomic mass is 32.1. The minimum absolute atomic E-state index is 0.119. The van der Waals surface area contributed by atoms with Crippen LogP contribution in [0.25, 0.3) is 0 Å². The van der Waals surface area contributed by atoms with E-state index >= 15 is 0 Å². The molecule has 1 aromatic heterocycles. The monoisotopic (exact) mass is 254 g/mol. The van der Waals surface area contributed by atoms with E-state index in [-0.39, 0.29) is 12.1 Å². The maximum Gasteiger partial charge on any atom is 0.315 e. The molecule has 94 valence electrons. The van der Waals surface area contributed by atoms with Gasteiger partial charge in [-0.15, -0.1) is 11.3 Å². The molecule has 0 aromatic carbocycles. The summed E-state index contributed by atoms with van der Waals surface area (Å²) in [5, 5.41) is 5.67. The van der Waals surface area contributed by atoms with Crippen LogP contribution in [0.5, 0.6) is 0 Å². The first-order valence-electron chi connectivity index (χ1n) is 5.92. The highest BCUT2D eigenvalue weighted by Gasteiger charge is 2.15. The van der Waals surface area contributed by atoms with Gasteiger partial charge in [-0.1, -0.05) is 0 Å². The normalized spacial score (nSPS) is 19.2. The molecule has 0 unspecified atom stereocenters. The first-order valence-corrected chi connectivity index (χ1v) is 6.74. The summed E-state index contributed by atoms with van der Waals surface area (Å²) in [4.78, 5) is 13.9. The number of urea groups is 1. The molecule has 0 aliphatic carbocycles. The third kappa shape index (κ3) is 4.02. The number of hydrogen-bond acceptors (Lipinski definition) is 3. The number of ether oxygens (including phenoxy) is 1. The van der Waals surface area contributed by atoms with Crippen molar-refractivity contribution < 1.29 is 9.53 Å². The van der Waals surface area contributed by atoms with E-state index in [2.05, 4.69) is 23.6 Å². The predicted molar refractivity (Wildman–Crippen MR) is 68.3 cm³/mol. The lowest BCUT2D eigenvalue weighted by molar-refractivity contribution is 0.111. The SMILES string of the molecule is Cc1ccc(CNC(=O)NC[C@@H]2CCCO2)s1. The number of carbonyl (C=O) groups excluding carboxylic acids is 1. The second-order valence-electron chi connectivity index (χ2n) is 4.21. The molecule has 4 nitrogen and oxygen atoms in total. The summed E-state index contributed by atoms with van der Waals surface area (Å²) in [6.07, 6.45) is 2.34. The van der Waals surface area contributed by atoms with E-state index in [1.165, 1.54) is 9.75 Å². The third-order valence-corrected chi connectivity index (χ3v) is 3.73. The smallest absolute Gasteiger partial charge is 0.315 e. The van der Waals surface area contributed by atoms with Gasteiger partial charge in [0.2, 0.25) is 0 Å². The molecule has 2 rings (SSSR count). The van der Waals surface area contributed by atoms with Crippen LogP contribution in [0.15, 0.2) is 12.1 Å². The van der Waals surface area contributed by atoms with Gasteiger partial charge < -0.3 is 15.4 Å². The number of nitrogens with one attached hydrogen (secondary N) is 2. The van der Waals surface area contributed by atoms with Crippen molar-refractivity contribution in [1.82, 2.24) is 10.6 Å². The highest BCUT2D eigenvalue weighted by molar-refractivity contribution is 7.11.